The minimum absolute atomic E-state index is 0.00553. The fraction of sp³-hybridized carbons (Fsp3) is 0.368. The Kier molecular flexibility index (Phi) is 6.60. The van der Waals surface area contributed by atoms with Crippen molar-refractivity contribution in [2.24, 2.45) is 5.92 Å². The summed E-state index contributed by atoms with van der Waals surface area (Å²) in [5, 5.41) is 2.44. The van der Waals surface area contributed by atoms with Gasteiger partial charge >= 0.3 is 0 Å². The Morgan fingerprint density at radius 2 is 1.89 bits per heavy atom. The number of rotatable bonds is 7. The maximum absolute atomic E-state index is 13.6. The van der Waals surface area contributed by atoms with Crippen LogP contribution in [0, 0.1) is 18.7 Å². The molecule has 0 unspecified atom stereocenters. The summed E-state index contributed by atoms with van der Waals surface area (Å²) in [6.45, 7) is 6.17. The first-order valence-corrected chi connectivity index (χ1v) is 10.7. The van der Waals surface area contributed by atoms with Gasteiger partial charge in [0, 0.05) is 12.7 Å². The van der Waals surface area contributed by atoms with Crippen LogP contribution in [0.2, 0.25) is 0 Å². The molecule has 1 amide bonds. The van der Waals surface area contributed by atoms with Crippen LogP contribution in [0.3, 0.4) is 0 Å². The van der Waals surface area contributed by atoms with Crippen molar-refractivity contribution in [3.8, 4) is 0 Å². The quantitative estimate of drug-likeness (QED) is 0.735. The molecule has 7 nitrogen and oxygen atoms in total. The van der Waals surface area contributed by atoms with E-state index in [1.165, 1.54) is 10.6 Å². The number of carbonyl (C=O) groups is 1. The third-order valence-corrected chi connectivity index (χ3v) is 4.66. The zero-order chi connectivity index (χ0) is 21.1. The predicted molar refractivity (Wildman–Crippen MR) is 108 cm³/mol. The molecule has 1 aromatic carbocycles. The molecule has 2 aromatic rings. The van der Waals surface area contributed by atoms with Crippen molar-refractivity contribution in [1.82, 2.24) is 4.57 Å². The molecule has 0 fully saturated rings. The molecule has 0 spiro atoms. The van der Waals surface area contributed by atoms with Gasteiger partial charge in [-0.3, -0.25) is 14.3 Å². The molecule has 0 aliphatic carbocycles. The molecule has 9 heteroatoms. The van der Waals surface area contributed by atoms with Crippen molar-refractivity contribution >= 4 is 27.3 Å². The molecule has 0 saturated heterocycles. The Labute approximate surface area is 163 Å². The molecular formula is C19H24FN3O4S. The van der Waals surface area contributed by atoms with Crippen LogP contribution < -0.4 is 15.6 Å². The minimum Gasteiger partial charge on any atom is -0.320 e. The lowest BCUT2D eigenvalue weighted by molar-refractivity contribution is 0.102. The Morgan fingerprint density at radius 3 is 2.50 bits per heavy atom. The van der Waals surface area contributed by atoms with Crippen molar-refractivity contribution < 1.29 is 17.6 Å². The van der Waals surface area contributed by atoms with Crippen molar-refractivity contribution in [1.29, 1.82) is 0 Å². The third kappa shape index (κ3) is 5.66. The zero-order valence-electron chi connectivity index (χ0n) is 16.2. The van der Waals surface area contributed by atoms with E-state index in [1.807, 2.05) is 13.8 Å². The SMILES string of the molecule is Cc1ccn(CCC(C)C)c(=O)c1C(=O)Nc1cc(F)ccc1NS(C)(=O)=O. The van der Waals surface area contributed by atoms with Crippen LogP contribution in [0.25, 0.3) is 0 Å². The van der Waals surface area contributed by atoms with Gasteiger partial charge in [0.05, 0.1) is 17.6 Å². The summed E-state index contributed by atoms with van der Waals surface area (Å²) >= 11 is 0. The summed E-state index contributed by atoms with van der Waals surface area (Å²) in [5.74, 6) is -1.00. The number of hydrogen-bond acceptors (Lipinski definition) is 4. The average molecular weight is 409 g/mol. The highest BCUT2D eigenvalue weighted by atomic mass is 32.2. The zero-order valence-corrected chi connectivity index (χ0v) is 17.1. The summed E-state index contributed by atoms with van der Waals surface area (Å²) in [7, 11) is -3.64. The number of carbonyl (C=O) groups excluding carboxylic acids is 1. The topological polar surface area (TPSA) is 97.3 Å². The molecule has 0 bridgehead atoms. The molecule has 0 aliphatic rings. The van der Waals surface area contributed by atoms with E-state index in [9.17, 15) is 22.4 Å². The Morgan fingerprint density at radius 1 is 1.21 bits per heavy atom. The molecule has 1 heterocycles. The van der Waals surface area contributed by atoms with Gasteiger partial charge in [0.1, 0.15) is 11.4 Å². The number of halogens is 1. The number of anilines is 2. The first-order chi connectivity index (χ1) is 13.0. The summed E-state index contributed by atoms with van der Waals surface area (Å²) in [5.41, 5.74) is -0.122. The van der Waals surface area contributed by atoms with E-state index in [-0.39, 0.29) is 16.9 Å². The van der Waals surface area contributed by atoms with Gasteiger partial charge in [0.25, 0.3) is 11.5 Å². The van der Waals surface area contributed by atoms with Crippen molar-refractivity contribution in [3.63, 3.8) is 0 Å². The van der Waals surface area contributed by atoms with Gasteiger partial charge in [0.2, 0.25) is 10.0 Å². The van der Waals surface area contributed by atoms with E-state index in [1.54, 1.807) is 19.2 Å². The summed E-state index contributed by atoms with van der Waals surface area (Å²) < 4.78 is 40.3. The van der Waals surface area contributed by atoms with Gasteiger partial charge < -0.3 is 9.88 Å². The van der Waals surface area contributed by atoms with E-state index >= 15 is 0 Å². The second-order valence-electron chi connectivity index (χ2n) is 7.07. The Hall–Kier alpha value is -2.68. The van der Waals surface area contributed by atoms with Crippen molar-refractivity contribution in [3.05, 3.63) is 57.8 Å². The highest BCUT2D eigenvalue weighted by Gasteiger charge is 2.18. The van der Waals surface area contributed by atoms with Gasteiger partial charge in [-0.2, -0.15) is 0 Å². The fourth-order valence-electron chi connectivity index (χ4n) is 2.61. The smallest absolute Gasteiger partial charge is 0.263 e. The second kappa shape index (κ2) is 8.55. The standard InChI is InChI=1S/C19H24FN3O4S/c1-12(2)7-9-23-10-8-13(3)17(19(23)25)18(24)21-16-11-14(20)5-6-15(16)22-28(4,26)27/h5-6,8,10-12,22H,7,9H2,1-4H3,(H,21,24). The van der Waals surface area contributed by atoms with Gasteiger partial charge in [-0.25, -0.2) is 12.8 Å². The number of benzene rings is 1. The molecule has 0 atom stereocenters. The number of nitrogens with one attached hydrogen (secondary N) is 2. The highest BCUT2D eigenvalue weighted by molar-refractivity contribution is 7.92. The molecule has 28 heavy (non-hydrogen) atoms. The number of pyridine rings is 1. The van der Waals surface area contributed by atoms with E-state index in [2.05, 4.69) is 10.0 Å². The number of aryl methyl sites for hydroxylation is 2. The first kappa shape index (κ1) is 21.6. The van der Waals surface area contributed by atoms with Crippen molar-refractivity contribution in [2.45, 2.75) is 33.7 Å². The monoisotopic (exact) mass is 409 g/mol. The lowest BCUT2D eigenvalue weighted by Gasteiger charge is -2.14. The van der Waals surface area contributed by atoms with Crippen LogP contribution in [0.5, 0.6) is 0 Å². The van der Waals surface area contributed by atoms with Crippen LogP contribution in [-0.2, 0) is 16.6 Å². The summed E-state index contributed by atoms with van der Waals surface area (Å²) in [4.78, 5) is 25.5. The number of sulfonamides is 1. The maximum atomic E-state index is 13.6. The van der Waals surface area contributed by atoms with Gasteiger partial charge in [-0.15, -0.1) is 0 Å². The Balaban J connectivity index is 2.39. The molecule has 2 N–H and O–H groups in total. The number of aromatic nitrogens is 1. The summed E-state index contributed by atoms with van der Waals surface area (Å²) in [6.07, 6.45) is 3.35. The normalized spacial score (nSPS) is 11.5. The summed E-state index contributed by atoms with van der Waals surface area (Å²) in [6, 6.07) is 4.92. The molecule has 152 valence electrons. The maximum Gasteiger partial charge on any atom is 0.263 e. The van der Waals surface area contributed by atoms with E-state index in [0.29, 0.717) is 18.0 Å². The second-order valence-corrected chi connectivity index (χ2v) is 8.82. The first-order valence-electron chi connectivity index (χ1n) is 8.76. The molecule has 2 rings (SSSR count). The molecule has 0 saturated carbocycles. The molecule has 0 radical (unpaired) electrons. The van der Waals surface area contributed by atoms with Crippen LogP contribution in [0.4, 0.5) is 15.8 Å². The van der Waals surface area contributed by atoms with Crippen LogP contribution in [0.1, 0.15) is 36.2 Å². The fourth-order valence-corrected chi connectivity index (χ4v) is 3.19. The molecular weight excluding hydrogens is 385 g/mol. The van der Waals surface area contributed by atoms with Crippen LogP contribution in [0.15, 0.2) is 35.3 Å². The minimum atomic E-state index is -3.64. The van der Waals surface area contributed by atoms with Crippen LogP contribution >= 0.6 is 0 Å². The van der Waals surface area contributed by atoms with Gasteiger partial charge in [0.15, 0.2) is 0 Å². The molecule has 1 aromatic heterocycles. The Bertz CT molecular complexity index is 1050. The van der Waals surface area contributed by atoms with Gasteiger partial charge in [-0.1, -0.05) is 13.8 Å². The van der Waals surface area contributed by atoms with E-state index in [4.69, 9.17) is 0 Å². The lowest BCUT2D eigenvalue weighted by atomic mass is 10.1. The van der Waals surface area contributed by atoms with Crippen LogP contribution in [-0.4, -0.2) is 25.1 Å². The molecule has 0 aliphatic heterocycles. The highest BCUT2D eigenvalue weighted by Crippen LogP contribution is 2.24. The number of nitrogens with zero attached hydrogens (tertiary/aromatic N) is 1. The van der Waals surface area contributed by atoms with Crippen molar-refractivity contribution in [2.75, 3.05) is 16.3 Å². The lowest BCUT2D eigenvalue weighted by Crippen LogP contribution is -2.30. The predicted octanol–water partition coefficient (Wildman–Crippen LogP) is 2.97. The van der Waals surface area contributed by atoms with Gasteiger partial charge in [-0.05, 0) is 49.1 Å². The number of hydrogen-bond donors (Lipinski definition) is 2. The third-order valence-electron chi connectivity index (χ3n) is 4.07. The average Bonchev–Trinajstić information content (AvgIpc) is 2.55. The van der Waals surface area contributed by atoms with E-state index < -0.39 is 27.3 Å². The van der Waals surface area contributed by atoms with E-state index in [0.717, 1.165) is 24.8 Å². The number of amides is 1. The largest absolute Gasteiger partial charge is 0.320 e.